The van der Waals surface area contributed by atoms with E-state index in [1.807, 2.05) is 37.3 Å². The molecule has 1 rings (SSSR count). The lowest BCUT2D eigenvalue weighted by Gasteiger charge is -2.21. The predicted molar refractivity (Wildman–Crippen MR) is 79.5 cm³/mol. The molecule has 2 nitrogen and oxygen atoms in total. The van der Waals surface area contributed by atoms with Gasteiger partial charge in [0.1, 0.15) is 5.75 Å². The second kappa shape index (κ2) is 8.67. The molecule has 1 aromatic rings. The van der Waals surface area contributed by atoms with Gasteiger partial charge in [-0.05, 0) is 38.3 Å². The fourth-order valence-electron chi connectivity index (χ4n) is 1.42. The van der Waals surface area contributed by atoms with Gasteiger partial charge < -0.3 is 10.5 Å². The SMILES string of the molecule is C[C@@](N)(CS)CCCCOc1ccccc1.Cl. The van der Waals surface area contributed by atoms with Crippen LogP contribution >= 0.6 is 25.0 Å². The van der Waals surface area contributed by atoms with Crippen molar-refractivity contribution in [1.82, 2.24) is 0 Å². The standard InChI is InChI=1S/C13H21NOS.ClH/c1-13(14,11-16)9-5-6-10-15-12-7-3-2-4-8-12;/h2-4,7-8,16H,5-6,9-11,14H2,1H3;1H/t13-;/m0./s1. The van der Waals surface area contributed by atoms with Crippen LogP contribution in [0.15, 0.2) is 30.3 Å². The molecule has 0 aliphatic carbocycles. The van der Waals surface area contributed by atoms with Crippen LogP contribution in [0.25, 0.3) is 0 Å². The molecule has 0 aromatic heterocycles. The van der Waals surface area contributed by atoms with E-state index < -0.39 is 0 Å². The van der Waals surface area contributed by atoms with Crippen LogP contribution in [0, 0.1) is 0 Å². The molecule has 0 radical (unpaired) electrons. The van der Waals surface area contributed by atoms with Gasteiger partial charge in [0.25, 0.3) is 0 Å². The van der Waals surface area contributed by atoms with Crippen LogP contribution in [-0.2, 0) is 0 Å². The average Bonchev–Trinajstić information content (AvgIpc) is 2.30. The Morgan fingerprint density at radius 1 is 1.24 bits per heavy atom. The van der Waals surface area contributed by atoms with Crippen molar-refractivity contribution in [3.05, 3.63) is 30.3 Å². The second-order valence-corrected chi connectivity index (χ2v) is 4.75. The average molecular weight is 276 g/mol. The molecule has 0 amide bonds. The van der Waals surface area contributed by atoms with Crippen molar-refractivity contribution in [2.75, 3.05) is 12.4 Å². The number of hydrogen-bond donors (Lipinski definition) is 2. The number of halogens is 1. The second-order valence-electron chi connectivity index (χ2n) is 4.43. The maximum atomic E-state index is 5.99. The largest absolute Gasteiger partial charge is 0.494 e. The summed E-state index contributed by atoms with van der Waals surface area (Å²) >= 11 is 4.23. The minimum Gasteiger partial charge on any atom is -0.494 e. The van der Waals surface area contributed by atoms with Crippen LogP contribution in [0.4, 0.5) is 0 Å². The fraction of sp³-hybridized carbons (Fsp3) is 0.538. The molecule has 1 aromatic carbocycles. The summed E-state index contributed by atoms with van der Waals surface area (Å²) in [6.45, 7) is 2.80. The van der Waals surface area contributed by atoms with Gasteiger partial charge in [0.15, 0.2) is 0 Å². The first-order chi connectivity index (χ1) is 7.64. The van der Waals surface area contributed by atoms with E-state index in [0.717, 1.165) is 37.4 Å². The van der Waals surface area contributed by atoms with E-state index in [4.69, 9.17) is 10.5 Å². The molecule has 0 saturated carbocycles. The third kappa shape index (κ3) is 7.53. The van der Waals surface area contributed by atoms with Crippen molar-refractivity contribution in [2.24, 2.45) is 5.73 Å². The van der Waals surface area contributed by atoms with Gasteiger partial charge in [-0.2, -0.15) is 12.6 Å². The molecule has 0 spiro atoms. The van der Waals surface area contributed by atoms with E-state index in [1.54, 1.807) is 0 Å². The first-order valence-electron chi connectivity index (χ1n) is 5.72. The van der Waals surface area contributed by atoms with E-state index >= 15 is 0 Å². The number of unbranched alkanes of at least 4 members (excludes halogenated alkanes) is 1. The van der Waals surface area contributed by atoms with Crippen LogP contribution in [-0.4, -0.2) is 17.9 Å². The number of rotatable bonds is 7. The van der Waals surface area contributed by atoms with Crippen LogP contribution in [0.2, 0.25) is 0 Å². The minimum absolute atomic E-state index is 0. The van der Waals surface area contributed by atoms with Crippen molar-refractivity contribution < 1.29 is 4.74 Å². The summed E-state index contributed by atoms with van der Waals surface area (Å²) in [7, 11) is 0. The monoisotopic (exact) mass is 275 g/mol. The van der Waals surface area contributed by atoms with Gasteiger partial charge in [0, 0.05) is 11.3 Å². The van der Waals surface area contributed by atoms with Crippen molar-refractivity contribution >= 4 is 25.0 Å². The molecule has 98 valence electrons. The van der Waals surface area contributed by atoms with Crippen molar-refractivity contribution in [1.29, 1.82) is 0 Å². The molecule has 4 heteroatoms. The van der Waals surface area contributed by atoms with Crippen LogP contribution < -0.4 is 10.5 Å². The van der Waals surface area contributed by atoms with E-state index in [9.17, 15) is 0 Å². The highest BCUT2D eigenvalue weighted by molar-refractivity contribution is 7.80. The Morgan fingerprint density at radius 2 is 1.88 bits per heavy atom. The first-order valence-corrected chi connectivity index (χ1v) is 6.35. The van der Waals surface area contributed by atoms with E-state index in [2.05, 4.69) is 12.6 Å². The Kier molecular flexibility index (Phi) is 8.48. The minimum atomic E-state index is -0.143. The summed E-state index contributed by atoms with van der Waals surface area (Å²) in [4.78, 5) is 0. The summed E-state index contributed by atoms with van der Waals surface area (Å²) in [6.07, 6.45) is 3.12. The summed E-state index contributed by atoms with van der Waals surface area (Å²) in [6, 6.07) is 9.89. The maximum Gasteiger partial charge on any atom is 0.119 e. The lowest BCUT2D eigenvalue weighted by atomic mass is 9.99. The number of para-hydroxylation sites is 1. The van der Waals surface area contributed by atoms with Gasteiger partial charge in [0.05, 0.1) is 6.61 Å². The predicted octanol–water partition coefficient (Wildman–Crippen LogP) is 3.30. The van der Waals surface area contributed by atoms with Gasteiger partial charge >= 0.3 is 0 Å². The van der Waals surface area contributed by atoms with Gasteiger partial charge in [-0.1, -0.05) is 18.2 Å². The molecule has 2 N–H and O–H groups in total. The summed E-state index contributed by atoms with van der Waals surface area (Å²) in [5, 5.41) is 0. The number of benzene rings is 1. The van der Waals surface area contributed by atoms with Crippen LogP contribution in [0.3, 0.4) is 0 Å². The smallest absolute Gasteiger partial charge is 0.119 e. The molecule has 0 saturated heterocycles. The molecule has 0 heterocycles. The van der Waals surface area contributed by atoms with Crippen LogP contribution in [0.5, 0.6) is 5.75 Å². The number of thiol groups is 1. The zero-order valence-corrected chi connectivity index (χ0v) is 12.0. The zero-order valence-electron chi connectivity index (χ0n) is 10.3. The number of ether oxygens (including phenoxy) is 1. The Bertz CT molecular complexity index is 293. The van der Waals surface area contributed by atoms with Crippen molar-refractivity contribution in [3.63, 3.8) is 0 Å². The molecule has 1 atom stereocenters. The molecule has 0 unspecified atom stereocenters. The Labute approximate surface area is 116 Å². The zero-order chi connectivity index (χ0) is 11.9. The van der Waals surface area contributed by atoms with E-state index in [1.165, 1.54) is 0 Å². The van der Waals surface area contributed by atoms with E-state index in [-0.39, 0.29) is 17.9 Å². The molecular weight excluding hydrogens is 254 g/mol. The van der Waals surface area contributed by atoms with Crippen molar-refractivity contribution in [3.8, 4) is 5.75 Å². The molecule has 0 aliphatic rings. The van der Waals surface area contributed by atoms with Gasteiger partial charge in [-0.15, -0.1) is 12.4 Å². The maximum absolute atomic E-state index is 5.99. The number of hydrogen-bond acceptors (Lipinski definition) is 3. The molecular formula is C13H22ClNOS. The Hall–Kier alpha value is -0.380. The van der Waals surface area contributed by atoms with Gasteiger partial charge in [-0.3, -0.25) is 0 Å². The molecule has 0 bridgehead atoms. The molecule has 17 heavy (non-hydrogen) atoms. The summed E-state index contributed by atoms with van der Waals surface area (Å²) in [5.41, 5.74) is 5.85. The highest BCUT2D eigenvalue weighted by Crippen LogP contribution is 2.13. The van der Waals surface area contributed by atoms with Gasteiger partial charge in [0.2, 0.25) is 0 Å². The quantitative estimate of drug-likeness (QED) is 0.592. The highest BCUT2D eigenvalue weighted by Gasteiger charge is 2.14. The third-order valence-corrected chi connectivity index (χ3v) is 3.24. The lowest BCUT2D eigenvalue weighted by molar-refractivity contribution is 0.298. The van der Waals surface area contributed by atoms with Crippen LogP contribution in [0.1, 0.15) is 26.2 Å². The Morgan fingerprint density at radius 3 is 2.47 bits per heavy atom. The summed E-state index contributed by atoms with van der Waals surface area (Å²) in [5.74, 6) is 1.67. The topological polar surface area (TPSA) is 35.2 Å². The molecule has 0 fully saturated rings. The van der Waals surface area contributed by atoms with Gasteiger partial charge in [-0.25, -0.2) is 0 Å². The van der Waals surface area contributed by atoms with E-state index in [0.29, 0.717) is 0 Å². The molecule has 0 aliphatic heterocycles. The Balaban J connectivity index is 0.00000256. The lowest BCUT2D eigenvalue weighted by Crippen LogP contribution is -2.38. The number of nitrogens with two attached hydrogens (primary N) is 1. The first kappa shape index (κ1) is 16.6. The highest BCUT2D eigenvalue weighted by atomic mass is 35.5. The fourth-order valence-corrected chi connectivity index (χ4v) is 1.57. The normalized spacial score (nSPS) is 13.6. The van der Waals surface area contributed by atoms with Crippen molar-refractivity contribution in [2.45, 2.75) is 31.7 Å². The summed E-state index contributed by atoms with van der Waals surface area (Å²) < 4.78 is 5.59. The third-order valence-electron chi connectivity index (χ3n) is 2.52.